The van der Waals surface area contributed by atoms with Gasteiger partial charge in [0.2, 0.25) is 0 Å². The molecule has 4 nitrogen and oxygen atoms in total. The molecule has 1 saturated heterocycles. The topological polar surface area (TPSA) is 65.2 Å². The molecule has 0 radical (unpaired) electrons. The largest absolute Gasteiger partial charge is 0.462 e. The summed E-state index contributed by atoms with van der Waals surface area (Å²) < 4.78 is 19.0. The number of nitrogens with zero attached hydrogens (tertiary/aromatic N) is 1. The minimum atomic E-state index is -0.243. The third kappa shape index (κ3) is 4.23. The molecule has 2 N–H and O–H groups in total. The molecule has 5 rings (SSSR count). The maximum atomic E-state index is 13.5. The van der Waals surface area contributed by atoms with Crippen LogP contribution in [0.5, 0.6) is 0 Å². The standard InChI is InChI=1S/C27H31FN2O2/c1-16-24-14-25-18(11-22(29)12-20(25)13-26(24)27(31)32-16)5-3-7-23-9-8-19(15-30-23)17-4-2-6-21(28)10-17/h2-4,6-10,15-16,18,20,22,24-26H,5,11-14,29H2,1H3/b7-3+/t16-,18?,20+,22+,24-,25?,26-/m1/s1. The van der Waals surface area contributed by atoms with E-state index >= 15 is 0 Å². The Balaban J connectivity index is 1.25. The Labute approximate surface area is 189 Å². The number of halogens is 1. The first-order valence-electron chi connectivity index (χ1n) is 11.8. The fraction of sp³-hybridized carbons (Fsp3) is 0.481. The summed E-state index contributed by atoms with van der Waals surface area (Å²) in [6.07, 6.45) is 11.2. The highest BCUT2D eigenvalue weighted by atomic mass is 19.1. The molecule has 0 bridgehead atoms. The summed E-state index contributed by atoms with van der Waals surface area (Å²) in [6, 6.07) is 10.7. The number of pyridine rings is 1. The molecule has 2 aliphatic carbocycles. The van der Waals surface area contributed by atoms with Gasteiger partial charge in [0.25, 0.3) is 0 Å². The quantitative estimate of drug-likeness (QED) is 0.669. The van der Waals surface area contributed by atoms with E-state index in [0.29, 0.717) is 23.7 Å². The Kier molecular flexibility index (Phi) is 5.85. The molecular weight excluding hydrogens is 403 g/mol. The van der Waals surface area contributed by atoms with E-state index in [0.717, 1.165) is 48.9 Å². The van der Waals surface area contributed by atoms with E-state index in [9.17, 15) is 9.18 Å². The van der Waals surface area contributed by atoms with E-state index < -0.39 is 0 Å². The van der Waals surface area contributed by atoms with Crippen molar-refractivity contribution in [2.75, 3.05) is 0 Å². The smallest absolute Gasteiger partial charge is 0.309 e. The van der Waals surface area contributed by atoms with Crippen molar-refractivity contribution in [2.24, 2.45) is 35.3 Å². The number of carbonyl (C=O) groups is 1. The molecule has 3 fully saturated rings. The van der Waals surface area contributed by atoms with E-state index in [1.807, 2.05) is 25.1 Å². The van der Waals surface area contributed by atoms with Crippen molar-refractivity contribution in [1.82, 2.24) is 4.98 Å². The third-order valence-electron chi connectivity index (χ3n) is 7.92. The second-order valence-electron chi connectivity index (χ2n) is 9.92. The van der Waals surface area contributed by atoms with Gasteiger partial charge in [-0.1, -0.05) is 24.3 Å². The lowest BCUT2D eigenvalue weighted by Crippen LogP contribution is -2.45. The van der Waals surface area contributed by atoms with Crippen LogP contribution < -0.4 is 5.73 Å². The predicted molar refractivity (Wildman–Crippen MR) is 123 cm³/mol. The molecule has 5 heteroatoms. The Morgan fingerprint density at radius 1 is 1.12 bits per heavy atom. The normalized spacial score (nSPS) is 34.2. The van der Waals surface area contributed by atoms with Crippen molar-refractivity contribution < 1.29 is 13.9 Å². The summed E-state index contributed by atoms with van der Waals surface area (Å²) in [4.78, 5) is 16.8. The van der Waals surface area contributed by atoms with Gasteiger partial charge in [-0.05, 0) is 86.6 Å². The maximum absolute atomic E-state index is 13.5. The number of allylic oxidation sites excluding steroid dienone is 1. The predicted octanol–water partition coefficient (Wildman–Crippen LogP) is 5.23. The van der Waals surface area contributed by atoms with Crippen molar-refractivity contribution in [3.63, 3.8) is 0 Å². The van der Waals surface area contributed by atoms with Crippen molar-refractivity contribution >= 4 is 12.0 Å². The second kappa shape index (κ2) is 8.78. The number of nitrogens with two attached hydrogens (primary N) is 1. The SMILES string of the molecule is C[C@H]1OC(=O)[C@@H]2C[C@@H]3C[C@@H](N)CC(C/C=C/c4ccc(-c5cccc(F)c5)cn4)C3C[C@H]12. The monoisotopic (exact) mass is 434 g/mol. The number of fused-ring (bicyclic) bond motifs is 2. The average molecular weight is 435 g/mol. The molecule has 1 aliphatic heterocycles. The van der Waals surface area contributed by atoms with Gasteiger partial charge in [0, 0.05) is 23.7 Å². The summed E-state index contributed by atoms with van der Waals surface area (Å²) in [5, 5.41) is 0. The van der Waals surface area contributed by atoms with Crippen LogP contribution in [0.1, 0.15) is 44.7 Å². The van der Waals surface area contributed by atoms with Gasteiger partial charge in [-0.3, -0.25) is 9.78 Å². The highest BCUT2D eigenvalue weighted by Crippen LogP contribution is 2.52. The Hall–Kier alpha value is -2.53. The summed E-state index contributed by atoms with van der Waals surface area (Å²) in [6.45, 7) is 2.05. The van der Waals surface area contributed by atoms with Gasteiger partial charge in [0.1, 0.15) is 11.9 Å². The van der Waals surface area contributed by atoms with Gasteiger partial charge in [-0.15, -0.1) is 0 Å². The zero-order valence-electron chi connectivity index (χ0n) is 18.5. The second-order valence-corrected chi connectivity index (χ2v) is 9.92. The zero-order valence-corrected chi connectivity index (χ0v) is 18.5. The Morgan fingerprint density at radius 3 is 2.78 bits per heavy atom. The molecule has 3 aliphatic rings. The maximum Gasteiger partial charge on any atom is 0.309 e. The highest BCUT2D eigenvalue weighted by Gasteiger charge is 2.51. The molecule has 168 valence electrons. The van der Waals surface area contributed by atoms with E-state index in [1.54, 1.807) is 12.3 Å². The molecule has 7 atom stereocenters. The molecule has 2 aromatic rings. The van der Waals surface area contributed by atoms with Crippen molar-refractivity contribution in [3.8, 4) is 11.1 Å². The van der Waals surface area contributed by atoms with Crippen LogP contribution in [0.3, 0.4) is 0 Å². The number of esters is 1. The number of ether oxygens (including phenoxy) is 1. The molecule has 0 amide bonds. The minimum Gasteiger partial charge on any atom is -0.462 e. The number of rotatable bonds is 4. The van der Waals surface area contributed by atoms with Gasteiger partial charge in [-0.25, -0.2) is 4.39 Å². The zero-order chi connectivity index (χ0) is 22.2. The van der Waals surface area contributed by atoms with Crippen LogP contribution in [0.25, 0.3) is 17.2 Å². The summed E-state index contributed by atoms with van der Waals surface area (Å²) in [5.41, 5.74) is 9.05. The molecular formula is C27H31FN2O2. The first-order valence-corrected chi connectivity index (χ1v) is 11.8. The summed E-state index contributed by atoms with van der Waals surface area (Å²) in [5.74, 6) is 1.88. The van der Waals surface area contributed by atoms with Crippen LogP contribution in [-0.2, 0) is 9.53 Å². The van der Waals surface area contributed by atoms with Crippen molar-refractivity contribution in [1.29, 1.82) is 0 Å². The lowest BCUT2D eigenvalue weighted by atomic mass is 9.58. The number of aromatic nitrogens is 1. The number of benzene rings is 1. The first-order chi connectivity index (χ1) is 15.5. The number of hydrogen-bond donors (Lipinski definition) is 1. The van der Waals surface area contributed by atoms with Gasteiger partial charge < -0.3 is 10.5 Å². The molecule has 32 heavy (non-hydrogen) atoms. The van der Waals surface area contributed by atoms with Gasteiger partial charge in [0.05, 0.1) is 11.6 Å². The van der Waals surface area contributed by atoms with Crippen LogP contribution in [-0.4, -0.2) is 23.1 Å². The van der Waals surface area contributed by atoms with Crippen molar-refractivity contribution in [3.05, 3.63) is 60.2 Å². The number of cyclic esters (lactones) is 1. The van der Waals surface area contributed by atoms with E-state index in [-0.39, 0.29) is 29.9 Å². The van der Waals surface area contributed by atoms with Crippen LogP contribution in [0.2, 0.25) is 0 Å². The third-order valence-corrected chi connectivity index (χ3v) is 7.92. The Bertz CT molecular complexity index is 1000. The van der Waals surface area contributed by atoms with Crippen LogP contribution >= 0.6 is 0 Å². The lowest BCUT2D eigenvalue weighted by Gasteiger charge is -2.46. The molecule has 1 aromatic carbocycles. The van der Waals surface area contributed by atoms with Gasteiger partial charge in [-0.2, -0.15) is 0 Å². The summed E-state index contributed by atoms with van der Waals surface area (Å²) in [7, 11) is 0. The van der Waals surface area contributed by atoms with Crippen LogP contribution in [0, 0.1) is 35.4 Å². The minimum absolute atomic E-state index is 0.00398. The molecule has 1 aromatic heterocycles. The highest BCUT2D eigenvalue weighted by molar-refractivity contribution is 5.75. The van der Waals surface area contributed by atoms with E-state index in [4.69, 9.17) is 10.5 Å². The van der Waals surface area contributed by atoms with E-state index in [1.165, 1.54) is 12.1 Å². The number of hydrogen-bond acceptors (Lipinski definition) is 4. The number of carbonyl (C=O) groups excluding carboxylic acids is 1. The molecule has 2 unspecified atom stereocenters. The summed E-state index contributed by atoms with van der Waals surface area (Å²) >= 11 is 0. The lowest BCUT2D eigenvalue weighted by molar-refractivity contribution is -0.144. The van der Waals surface area contributed by atoms with Crippen molar-refractivity contribution in [2.45, 2.75) is 51.2 Å². The Morgan fingerprint density at radius 2 is 2.00 bits per heavy atom. The van der Waals surface area contributed by atoms with Crippen LogP contribution in [0.4, 0.5) is 4.39 Å². The molecule has 2 saturated carbocycles. The van der Waals surface area contributed by atoms with E-state index in [2.05, 4.69) is 17.1 Å². The molecule has 0 spiro atoms. The fourth-order valence-electron chi connectivity index (χ4n) is 6.37. The average Bonchev–Trinajstić information content (AvgIpc) is 3.05. The van der Waals surface area contributed by atoms with Gasteiger partial charge >= 0.3 is 5.97 Å². The molecule has 2 heterocycles. The van der Waals surface area contributed by atoms with Crippen LogP contribution in [0.15, 0.2) is 48.7 Å². The fourth-order valence-corrected chi connectivity index (χ4v) is 6.37. The first kappa shape index (κ1) is 21.3. The van der Waals surface area contributed by atoms with Gasteiger partial charge in [0.15, 0.2) is 0 Å².